The first kappa shape index (κ1) is 18.1. The van der Waals surface area contributed by atoms with Crippen molar-refractivity contribution in [3.05, 3.63) is 0 Å². The summed E-state index contributed by atoms with van der Waals surface area (Å²) in [6.07, 6.45) is 3.38. The van der Waals surface area contributed by atoms with Crippen LogP contribution in [0.25, 0.3) is 0 Å². The first-order valence-corrected chi connectivity index (χ1v) is 12.1. The van der Waals surface area contributed by atoms with Gasteiger partial charge in [-0.1, -0.05) is 27.2 Å². The molecule has 1 heterocycles. The summed E-state index contributed by atoms with van der Waals surface area (Å²) in [7, 11) is -3.90. The molecule has 5 fully saturated rings. The lowest BCUT2D eigenvalue weighted by Crippen LogP contribution is -2.43. The summed E-state index contributed by atoms with van der Waals surface area (Å²) in [5.74, 6) is 2.57. The number of carbonyl (C=O) groups is 2. The summed E-state index contributed by atoms with van der Waals surface area (Å²) in [6, 6.07) is 0. The van der Waals surface area contributed by atoms with Crippen molar-refractivity contribution in [2.75, 3.05) is 5.75 Å². The molecule has 10 unspecified atom stereocenters. The molecular weight excluding hydrogens is 366 g/mol. The van der Waals surface area contributed by atoms with Gasteiger partial charge in [-0.05, 0) is 66.6 Å². The van der Waals surface area contributed by atoms with Gasteiger partial charge >= 0.3 is 0 Å². The minimum absolute atomic E-state index is 0.160. The molecule has 1 aliphatic heterocycles. The van der Waals surface area contributed by atoms with Crippen LogP contribution < -0.4 is 0 Å². The van der Waals surface area contributed by atoms with Crippen molar-refractivity contribution in [2.45, 2.75) is 46.5 Å². The molecule has 0 aromatic rings. The summed E-state index contributed by atoms with van der Waals surface area (Å²) in [5.41, 5.74) is 0. The van der Waals surface area contributed by atoms with E-state index >= 15 is 0 Å². The Hall–Kier alpha value is -0.950. The summed E-state index contributed by atoms with van der Waals surface area (Å²) in [4.78, 5) is 26.0. The van der Waals surface area contributed by atoms with E-state index in [0.717, 1.165) is 6.42 Å². The average molecular weight is 396 g/mol. The molecule has 4 aliphatic carbocycles. The molecule has 27 heavy (non-hydrogen) atoms. The second-order valence-electron chi connectivity index (χ2n) is 9.71. The molecule has 150 valence electrons. The molecule has 1 saturated heterocycles. The number of nitrogens with zero attached hydrogens (tertiary/aromatic N) is 1. The SMILES string of the molecule is CCCCS(=O)(=O)ON1C(=O)C2C3CC(C2C1=O)C1C2CC(C(C)C2C)C31. The normalized spacial score (nSPS) is 50.0. The van der Waals surface area contributed by atoms with Crippen molar-refractivity contribution in [3.8, 4) is 0 Å². The lowest BCUT2D eigenvalue weighted by Gasteiger charge is -2.43. The van der Waals surface area contributed by atoms with E-state index in [2.05, 4.69) is 13.8 Å². The average Bonchev–Trinajstić information content (AvgIpc) is 3.38. The summed E-state index contributed by atoms with van der Waals surface area (Å²) in [6.45, 7) is 6.57. The van der Waals surface area contributed by atoms with E-state index in [0.29, 0.717) is 53.4 Å². The molecule has 0 aromatic heterocycles. The third-order valence-corrected chi connectivity index (χ3v) is 10.1. The van der Waals surface area contributed by atoms with Gasteiger partial charge in [0.1, 0.15) is 0 Å². The first-order valence-electron chi connectivity index (χ1n) is 10.6. The fourth-order valence-corrected chi connectivity index (χ4v) is 8.94. The Morgan fingerprint density at radius 3 is 1.89 bits per heavy atom. The van der Waals surface area contributed by atoms with Crippen LogP contribution in [0.2, 0.25) is 0 Å². The van der Waals surface area contributed by atoms with E-state index in [1.807, 2.05) is 6.92 Å². The van der Waals surface area contributed by atoms with Gasteiger partial charge in [0.2, 0.25) is 0 Å². The number of hydrogen-bond acceptors (Lipinski definition) is 5. The molecular formula is C20H29NO5S. The lowest BCUT2D eigenvalue weighted by molar-refractivity contribution is -0.166. The Bertz CT molecular complexity index is 750. The van der Waals surface area contributed by atoms with Crippen molar-refractivity contribution in [2.24, 2.45) is 59.2 Å². The highest BCUT2D eigenvalue weighted by Gasteiger charge is 2.73. The van der Waals surface area contributed by atoms with Gasteiger partial charge in [0.15, 0.2) is 0 Å². The van der Waals surface area contributed by atoms with Crippen LogP contribution in [-0.4, -0.2) is 31.0 Å². The Morgan fingerprint density at radius 1 is 0.926 bits per heavy atom. The van der Waals surface area contributed by atoms with Crippen LogP contribution in [0.5, 0.6) is 0 Å². The minimum atomic E-state index is -3.90. The fraction of sp³-hybridized carbons (Fsp3) is 0.900. The smallest absolute Gasteiger partial charge is 0.272 e. The number of fused-ring (bicyclic) bond motifs is 12. The Kier molecular flexibility index (Phi) is 3.88. The second kappa shape index (κ2) is 5.78. The predicted octanol–water partition coefficient (Wildman–Crippen LogP) is 2.45. The van der Waals surface area contributed by atoms with Crippen LogP contribution in [0.3, 0.4) is 0 Å². The second-order valence-corrected chi connectivity index (χ2v) is 11.4. The number of carbonyl (C=O) groups excluding carboxylic acids is 2. The minimum Gasteiger partial charge on any atom is -0.272 e. The van der Waals surface area contributed by atoms with Crippen molar-refractivity contribution in [3.63, 3.8) is 0 Å². The molecule has 4 bridgehead atoms. The number of imide groups is 1. The van der Waals surface area contributed by atoms with E-state index < -0.39 is 21.9 Å². The van der Waals surface area contributed by atoms with E-state index in [1.54, 1.807) is 0 Å². The predicted molar refractivity (Wildman–Crippen MR) is 97.1 cm³/mol. The van der Waals surface area contributed by atoms with E-state index in [4.69, 9.17) is 4.28 Å². The van der Waals surface area contributed by atoms with Crippen LogP contribution in [-0.2, 0) is 24.0 Å². The van der Waals surface area contributed by atoms with E-state index in [-0.39, 0.29) is 29.4 Å². The van der Waals surface area contributed by atoms with Gasteiger partial charge in [-0.15, -0.1) is 9.35 Å². The Balaban J connectivity index is 1.41. The lowest BCUT2D eigenvalue weighted by atomic mass is 9.60. The van der Waals surface area contributed by atoms with Gasteiger partial charge in [0, 0.05) is 0 Å². The zero-order valence-corrected chi connectivity index (χ0v) is 17.0. The van der Waals surface area contributed by atoms with Gasteiger partial charge in [0.05, 0.1) is 17.6 Å². The van der Waals surface area contributed by atoms with E-state index in [1.165, 1.54) is 6.42 Å². The molecule has 0 N–H and O–H groups in total. The summed E-state index contributed by atoms with van der Waals surface area (Å²) < 4.78 is 29.4. The molecule has 4 saturated carbocycles. The molecule has 7 heteroatoms. The molecule has 6 nitrogen and oxygen atoms in total. The Labute approximate surface area is 161 Å². The number of amides is 2. The molecule has 2 amide bonds. The molecule has 0 aromatic carbocycles. The maximum Gasteiger partial charge on any atom is 0.288 e. The number of rotatable bonds is 5. The fourth-order valence-electron chi connectivity index (χ4n) is 7.85. The molecule has 5 aliphatic rings. The van der Waals surface area contributed by atoms with Gasteiger partial charge in [-0.25, -0.2) is 0 Å². The van der Waals surface area contributed by atoms with Crippen molar-refractivity contribution in [1.29, 1.82) is 0 Å². The van der Waals surface area contributed by atoms with Crippen LogP contribution in [0.15, 0.2) is 0 Å². The monoisotopic (exact) mass is 395 g/mol. The Morgan fingerprint density at radius 2 is 1.41 bits per heavy atom. The van der Waals surface area contributed by atoms with Crippen molar-refractivity contribution in [1.82, 2.24) is 5.06 Å². The maximum atomic E-state index is 13.0. The zero-order chi connectivity index (χ0) is 19.2. The largest absolute Gasteiger partial charge is 0.288 e. The molecule has 0 spiro atoms. The summed E-state index contributed by atoms with van der Waals surface area (Å²) >= 11 is 0. The van der Waals surface area contributed by atoms with Crippen LogP contribution in [0, 0.1) is 59.2 Å². The number of unbranched alkanes of at least 4 members (excludes halogenated alkanes) is 1. The zero-order valence-electron chi connectivity index (χ0n) is 16.2. The highest BCUT2D eigenvalue weighted by molar-refractivity contribution is 7.86. The van der Waals surface area contributed by atoms with Gasteiger partial charge in [-0.2, -0.15) is 8.42 Å². The van der Waals surface area contributed by atoms with Crippen LogP contribution in [0.1, 0.15) is 46.5 Å². The number of hydroxylamine groups is 2. The molecule has 0 radical (unpaired) electrons. The highest BCUT2D eigenvalue weighted by atomic mass is 32.2. The third kappa shape index (κ3) is 2.24. The topological polar surface area (TPSA) is 80.8 Å². The standard InChI is InChI=1S/C20H29NO5S/c1-4-5-6-27(24,25)26-21-19(22)17-13-8-14(18(17)20(21)23)16-12-7-11(15(13)16)9(2)10(12)3/h9-18H,4-8H2,1-3H3. The van der Waals surface area contributed by atoms with Crippen molar-refractivity contribution < 1.29 is 22.3 Å². The van der Waals surface area contributed by atoms with Crippen molar-refractivity contribution >= 4 is 21.9 Å². The van der Waals surface area contributed by atoms with Gasteiger partial charge in [0.25, 0.3) is 21.9 Å². The molecule has 5 rings (SSSR count). The van der Waals surface area contributed by atoms with Gasteiger partial charge < -0.3 is 0 Å². The summed E-state index contributed by atoms with van der Waals surface area (Å²) in [5, 5.41) is 0.620. The first-order chi connectivity index (χ1) is 12.8. The quantitative estimate of drug-likeness (QED) is 0.528. The number of hydrogen-bond donors (Lipinski definition) is 0. The molecule has 10 atom stereocenters. The third-order valence-electron chi connectivity index (χ3n) is 8.91. The van der Waals surface area contributed by atoms with Gasteiger partial charge in [-0.3, -0.25) is 9.59 Å². The maximum absolute atomic E-state index is 13.0. The van der Waals surface area contributed by atoms with Crippen LogP contribution in [0.4, 0.5) is 0 Å². The van der Waals surface area contributed by atoms with Crippen LogP contribution >= 0.6 is 0 Å². The van der Waals surface area contributed by atoms with E-state index in [9.17, 15) is 18.0 Å². The highest BCUT2D eigenvalue weighted by Crippen LogP contribution is 2.73.